The van der Waals surface area contributed by atoms with Gasteiger partial charge in [0.15, 0.2) is 0 Å². The van der Waals surface area contributed by atoms with Crippen molar-refractivity contribution >= 4 is 5.91 Å². The number of methoxy groups -OCH3 is 2. The molecule has 0 unspecified atom stereocenters. The summed E-state index contributed by atoms with van der Waals surface area (Å²) in [6.45, 7) is 2.30. The zero-order chi connectivity index (χ0) is 18.4. The number of hydrogen-bond donors (Lipinski definition) is 1. The topological polar surface area (TPSA) is 63.7 Å². The number of likely N-dealkylation sites (tertiary alicyclic amines) is 1. The summed E-state index contributed by atoms with van der Waals surface area (Å²) >= 11 is 0. The van der Waals surface area contributed by atoms with Crippen LogP contribution in [0.4, 0.5) is 0 Å². The molecule has 2 heterocycles. The SMILES string of the molecule is COc1ccc(C(=O)N2CCC(NCc3ccncc3)CC2)c(OC)c1. The summed E-state index contributed by atoms with van der Waals surface area (Å²) in [5.74, 6) is 1.24. The zero-order valence-electron chi connectivity index (χ0n) is 15.3. The van der Waals surface area contributed by atoms with Gasteiger partial charge in [-0.2, -0.15) is 0 Å². The van der Waals surface area contributed by atoms with Gasteiger partial charge in [-0.3, -0.25) is 9.78 Å². The van der Waals surface area contributed by atoms with E-state index in [4.69, 9.17) is 9.47 Å². The van der Waals surface area contributed by atoms with Gasteiger partial charge in [0.25, 0.3) is 5.91 Å². The molecule has 0 aliphatic carbocycles. The third kappa shape index (κ3) is 4.32. The monoisotopic (exact) mass is 355 g/mol. The third-order valence-corrected chi connectivity index (χ3v) is 4.77. The fourth-order valence-corrected chi connectivity index (χ4v) is 3.20. The van der Waals surface area contributed by atoms with Crippen LogP contribution < -0.4 is 14.8 Å². The molecule has 1 aliphatic rings. The molecule has 3 rings (SSSR count). The minimum atomic E-state index is 0.0112. The van der Waals surface area contributed by atoms with E-state index in [2.05, 4.69) is 10.3 Å². The van der Waals surface area contributed by atoms with Gasteiger partial charge in [0.1, 0.15) is 11.5 Å². The number of benzene rings is 1. The van der Waals surface area contributed by atoms with E-state index in [0.29, 0.717) is 23.1 Å². The summed E-state index contributed by atoms with van der Waals surface area (Å²) in [4.78, 5) is 18.8. The maximum atomic E-state index is 12.8. The van der Waals surface area contributed by atoms with E-state index in [1.54, 1.807) is 44.8 Å². The number of pyridine rings is 1. The average molecular weight is 355 g/mol. The molecule has 1 aliphatic heterocycles. The Labute approximate surface area is 154 Å². The molecule has 0 bridgehead atoms. The molecule has 1 aromatic carbocycles. The molecule has 0 atom stereocenters. The number of piperidine rings is 1. The number of nitrogens with one attached hydrogen (secondary N) is 1. The predicted octanol–water partition coefficient (Wildman–Crippen LogP) is 2.49. The van der Waals surface area contributed by atoms with E-state index in [0.717, 1.165) is 32.5 Å². The summed E-state index contributed by atoms with van der Waals surface area (Å²) in [5.41, 5.74) is 1.80. The lowest BCUT2D eigenvalue weighted by Gasteiger charge is -2.33. The van der Waals surface area contributed by atoms with Crippen molar-refractivity contribution in [3.8, 4) is 11.5 Å². The molecule has 0 radical (unpaired) electrons. The highest BCUT2D eigenvalue weighted by atomic mass is 16.5. The standard InChI is InChI=1S/C20H25N3O3/c1-25-17-3-4-18(19(13-17)26-2)20(24)23-11-7-16(8-12-23)22-14-15-5-9-21-10-6-15/h3-6,9-10,13,16,22H,7-8,11-12,14H2,1-2H3. The largest absolute Gasteiger partial charge is 0.497 e. The zero-order valence-corrected chi connectivity index (χ0v) is 15.3. The number of hydrogen-bond acceptors (Lipinski definition) is 5. The van der Waals surface area contributed by atoms with E-state index in [9.17, 15) is 4.79 Å². The summed E-state index contributed by atoms with van der Waals surface area (Å²) in [5, 5.41) is 3.57. The maximum Gasteiger partial charge on any atom is 0.257 e. The molecule has 6 nitrogen and oxygen atoms in total. The van der Waals surface area contributed by atoms with Gasteiger partial charge >= 0.3 is 0 Å². The van der Waals surface area contributed by atoms with Crippen molar-refractivity contribution in [2.24, 2.45) is 0 Å². The van der Waals surface area contributed by atoms with Gasteiger partial charge in [-0.05, 0) is 42.7 Å². The number of aromatic nitrogens is 1. The van der Waals surface area contributed by atoms with Crippen molar-refractivity contribution in [3.63, 3.8) is 0 Å². The fraction of sp³-hybridized carbons (Fsp3) is 0.400. The Bertz CT molecular complexity index is 728. The average Bonchev–Trinajstić information content (AvgIpc) is 2.72. The quantitative estimate of drug-likeness (QED) is 0.863. The van der Waals surface area contributed by atoms with E-state index >= 15 is 0 Å². The minimum absolute atomic E-state index is 0.0112. The van der Waals surface area contributed by atoms with Gasteiger partial charge in [-0.25, -0.2) is 0 Å². The van der Waals surface area contributed by atoms with Crippen LogP contribution in [0.25, 0.3) is 0 Å². The third-order valence-electron chi connectivity index (χ3n) is 4.77. The summed E-state index contributed by atoms with van der Waals surface area (Å²) in [6.07, 6.45) is 5.49. The number of carbonyl (C=O) groups excluding carboxylic acids is 1. The Morgan fingerprint density at radius 1 is 1.15 bits per heavy atom. The van der Waals surface area contributed by atoms with Gasteiger partial charge in [0, 0.05) is 44.1 Å². The number of ether oxygens (including phenoxy) is 2. The highest BCUT2D eigenvalue weighted by molar-refractivity contribution is 5.97. The second-order valence-electron chi connectivity index (χ2n) is 6.37. The van der Waals surface area contributed by atoms with Crippen molar-refractivity contribution in [1.82, 2.24) is 15.2 Å². The molecule has 138 valence electrons. The van der Waals surface area contributed by atoms with Crippen LogP contribution in [-0.4, -0.2) is 49.1 Å². The molecule has 1 amide bonds. The molecule has 26 heavy (non-hydrogen) atoms. The molecular formula is C20H25N3O3. The van der Waals surface area contributed by atoms with Crippen LogP contribution in [0.2, 0.25) is 0 Å². The second-order valence-corrected chi connectivity index (χ2v) is 6.37. The van der Waals surface area contributed by atoms with Crippen molar-refractivity contribution < 1.29 is 14.3 Å². The molecule has 0 saturated carbocycles. The molecule has 1 fully saturated rings. The highest BCUT2D eigenvalue weighted by Crippen LogP contribution is 2.26. The van der Waals surface area contributed by atoms with Crippen LogP contribution in [0.5, 0.6) is 11.5 Å². The molecule has 1 N–H and O–H groups in total. The fourth-order valence-electron chi connectivity index (χ4n) is 3.20. The number of nitrogens with zero attached hydrogens (tertiary/aromatic N) is 2. The van der Waals surface area contributed by atoms with E-state index in [-0.39, 0.29) is 5.91 Å². The lowest BCUT2D eigenvalue weighted by atomic mass is 10.0. The van der Waals surface area contributed by atoms with E-state index < -0.39 is 0 Å². The van der Waals surface area contributed by atoms with Crippen molar-refractivity contribution in [2.45, 2.75) is 25.4 Å². The molecule has 6 heteroatoms. The van der Waals surface area contributed by atoms with Gasteiger partial charge in [0.2, 0.25) is 0 Å². The molecule has 0 spiro atoms. The minimum Gasteiger partial charge on any atom is -0.497 e. The highest BCUT2D eigenvalue weighted by Gasteiger charge is 2.25. The second kappa shape index (κ2) is 8.67. The summed E-state index contributed by atoms with van der Waals surface area (Å²) in [7, 11) is 3.17. The van der Waals surface area contributed by atoms with Crippen LogP contribution in [0.1, 0.15) is 28.8 Å². The first-order chi connectivity index (χ1) is 12.7. The van der Waals surface area contributed by atoms with Crippen molar-refractivity contribution in [3.05, 3.63) is 53.9 Å². The first-order valence-corrected chi connectivity index (χ1v) is 8.85. The first-order valence-electron chi connectivity index (χ1n) is 8.85. The van der Waals surface area contributed by atoms with Crippen molar-refractivity contribution in [2.75, 3.05) is 27.3 Å². The van der Waals surface area contributed by atoms with Gasteiger partial charge in [-0.15, -0.1) is 0 Å². The van der Waals surface area contributed by atoms with Crippen LogP contribution in [-0.2, 0) is 6.54 Å². The Kier molecular flexibility index (Phi) is 6.07. The van der Waals surface area contributed by atoms with E-state index in [1.165, 1.54) is 5.56 Å². The van der Waals surface area contributed by atoms with Crippen LogP contribution >= 0.6 is 0 Å². The Balaban J connectivity index is 1.55. The Morgan fingerprint density at radius 2 is 1.88 bits per heavy atom. The van der Waals surface area contributed by atoms with Crippen LogP contribution in [0, 0.1) is 0 Å². The summed E-state index contributed by atoms with van der Waals surface area (Å²) < 4.78 is 10.6. The van der Waals surface area contributed by atoms with Crippen LogP contribution in [0.15, 0.2) is 42.7 Å². The maximum absolute atomic E-state index is 12.8. The molecule has 1 aromatic heterocycles. The molecular weight excluding hydrogens is 330 g/mol. The number of rotatable bonds is 6. The lowest BCUT2D eigenvalue weighted by Crippen LogP contribution is -2.44. The van der Waals surface area contributed by atoms with Crippen molar-refractivity contribution in [1.29, 1.82) is 0 Å². The Hall–Kier alpha value is -2.60. The van der Waals surface area contributed by atoms with Crippen LogP contribution in [0.3, 0.4) is 0 Å². The van der Waals surface area contributed by atoms with Gasteiger partial charge in [-0.1, -0.05) is 0 Å². The Morgan fingerprint density at radius 3 is 2.54 bits per heavy atom. The number of amides is 1. The summed E-state index contributed by atoms with van der Waals surface area (Å²) in [6, 6.07) is 9.76. The first kappa shape index (κ1) is 18.2. The lowest BCUT2D eigenvalue weighted by molar-refractivity contribution is 0.0701. The smallest absolute Gasteiger partial charge is 0.257 e. The van der Waals surface area contributed by atoms with E-state index in [1.807, 2.05) is 17.0 Å². The molecule has 2 aromatic rings. The normalized spacial score (nSPS) is 14.9. The predicted molar refractivity (Wildman–Crippen MR) is 99.5 cm³/mol. The van der Waals surface area contributed by atoms with Gasteiger partial charge < -0.3 is 19.7 Å². The number of carbonyl (C=O) groups is 1. The molecule has 1 saturated heterocycles. The van der Waals surface area contributed by atoms with Gasteiger partial charge in [0.05, 0.1) is 19.8 Å².